The van der Waals surface area contributed by atoms with Crippen molar-refractivity contribution >= 4 is 11.6 Å². The summed E-state index contributed by atoms with van der Waals surface area (Å²) < 4.78 is 0. The standard InChI is InChI=1S/C21H18N4O/c1-14-7-9-15(10-8-14)18-21(20(11-22,12-23)13-25(18)2)16-5-3-4-6-17(16)24-19(21)26/h3-10,18H,13H2,1-2H3,(H,24,26)/t18-,21-/m0/s1. The number of rotatable bonds is 1. The average molecular weight is 342 g/mol. The number of amides is 1. The molecule has 2 aromatic carbocycles. The Hall–Kier alpha value is -3.15. The molecular weight excluding hydrogens is 324 g/mol. The molecule has 26 heavy (non-hydrogen) atoms. The van der Waals surface area contributed by atoms with Gasteiger partial charge in [0.2, 0.25) is 5.91 Å². The number of fused-ring (bicyclic) bond motifs is 2. The first-order valence-electron chi connectivity index (χ1n) is 8.50. The van der Waals surface area contributed by atoms with E-state index in [4.69, 9.17) is 0 Å². The lowest BCUT2D eigenvalue weighted by Crippen LogP contribution is -2.50. The van der Waals surface area contributed by atoms with E-state index in [1.54, 1.807) is 0 Å². The Kier molecular flexibility index (Phi) is 3.41. The van der Waals surface area contributed by atoms with Gasteiger partial charge >= 0.3 is 0 Å². The lowest BCUT2D eigenvalue weighted by molar-refractivity contribution is -0.123. The smallest absolute Gasteiger partial charge is 0.239 e. The van der Waals surface area contributed by atoms with E-state index in [0.29, 0.717) is 5.69 Å². The maximum absolute atomic E-state index is 13.3. The number of nitrogens with zero attached hydrogens (tertiary/aromatic N) is 3. The summed E-state index contributed by atoms with van der Waals surface area (Å²) in [5, 5.41) is 23.0. The molecule has 1 spiro atoms. The predicted octanol–water partition coefficient (Wildman–Crippen LogP) is 2.91. The molecule has 1 saturated heterocycles. The van der Waals surface area contributed by atoms with Crippen LogP contribution in [0, 0.1) is 35.0 Å². The fourth-order valence-corrected chi connectivity index (χ4v) is 4.65. The molecule has 0 bridgehead atoms. The number of likely N-dealkylation sites (N-methyl/N-ethyl adjacent to an activating group) is 1. The van der Waals surface area contributed by atoms with Gasteiger partial charge in [-0.3, -0.25) is 9.69 Å². The third-order valence-electron chi connectivity index (χ3n) is 5.74. The molecule has 1 fully saturated rings. The number of hydrogen-bond donors (Lipinski definition) is 1. The second kappa shape index (κ2) is 5.42. The highest BCUT2D eigenvalue weighted by molar-refractivity contribution is 6.09. The molecule has 5 heteroatoms. The van der Waals surface area contributed by atoms with Crippen molar-refractivity contribution in [3.63, 3.8) is 0 Å². The highest BCUT2D eigenvalue weighted by atomic mass is 16.2. The Morgan fingerprint density at radius 1 is 1.12 bits per heavy atom. The van der Waals surface area contributed by atoms with Crippen LogP contribution in [0.25, 0.3) is 0 Å². The van der Waals surface area contributed by atoms with E-state index in [2.05, 4.69) is 17.5 Å². The number of para-hydroxylation sites is 1. The summed E-state index contributed by atoms with van der Waals surface area (Å²) in [5.41, 5.74) is 0.720. The topological polar surface area (TPSA) is 79.9 Å². The highest BCUT2D eigenvalue weighted by Crippen LogP contribution is 2.61. The maximum atomic E-state index is 13.3. The first-order chi connectivity index (χ1) is 12.5. The van der Waals surface area contributed by atoms with Gasteiger partial charge in [-0.15, -0.1) is 0 Å². The quantitative estimate of drug-likeness (QED) is 0.864. The number of aryl methyl sites for hydroxylation is 1. The van der Waals surface area contributed by atoms with Crippen molar-refractivity contribution in [1.29, 1.82) is 10.5 Å². The SMILES string of the molecule is Cc1ccc([C@@H]2N(C)CC(C#N)(C#N)[C@]23C(=O)Nc2ccccc23)cc1. The average Bonchev–Trinajstić information content (AvgIpc) is 3.09. The lowest BCUT2D eigenvalue weighted by Gasteiger charge is -2.36. The lowest BCUT2D eigenvalue weighted by atomic mass is 9.59. The normalized spacial score (nSPS) is 26.2. The van der Waals surface area contributed by atoms with E-state index in [1.165, 1.54) is 0 Å². The van der Waals surface area contributed by atoms with Crippen LogP contribution in [-0.2, 0) is 10.2 Å². The summed E-state index contributed by atoms with van der Waals surface area (Å²) in [6, 6.07) is 19.4. The molecule has 0 aliphatic carbocycles. The number of carbonyl (C=O) groups excluding carboxylic acids is 1. The van der Waals surface area contributed by atoms with Gasteiger partial charge in [-0.2, -0.15) is 10.5 Å². The van der Waals surface area contributed by atoms with Gasteiger partial charge in [0.1, 0.15) is 5.41 Å². The molecule has 1 amide bonds. The first-order valence-corrected chi connectivity index (χ1v) is 8.50. The third kappa shape index (κ3) is 1.78. The molecule has 4 rings (SSSR count). The van der Waals surface area contributed by atoms with Crippen molar-refractivity contribution in [3.8, 4) is 12.1 Å². The van der Waals surface area contributed by atoms with Gasteiger partial charge in [-0.1, -0.05) is 48.0 Å². The summed E-state index contributed by atoms with van der Waals surface area (Å²) in [6.45, 7) is 2.21. The Morgan fingerprint density at radius 3 is 2.42 bits per heavy atom. The molecule has 5 nitrogen and oxygen atoms in total. The van der Waals surface area contributed by atoms with E-state index in [0.717, 1.165) is 16.7 Å². The zero-order chi connectivity index (χ0) is 18.5. The maximum Gasteiger partial charge on any atom is 0.239 e. The third-order valence-corrected chi connectivity index (χ3v) is 5.74. The van der Waals surface area contributed by atoms with Gasteiger partial charge in [0.25, 0.3) is 0 Å². The summed E-state index contributed by atoms with van der Waals surface area (Å²) in [7, 11) is 1.87. The molecular formula is C21H18N4O. The van der Waals surface area contributed by atoms with E-state index in [1.807, 2.05) is 67.4 Å². The van der Waals surface area contributed by atoms with Gasteiger partial charge in [0.15, 0.2) is 5.41 Å². The monoisotopic (exact) mass is 342 g/mol. The zero-order valence-corrected chi connectivity index (χ0v) is 14.7. The molecule has 0 saturated carbocycles. The van der Waals surface area contributed by atoms with Crippen molar-refractivity contribution in [2.24, 2.45) is 5.41 Å². The van der Waals surface area contributed by atoms with Crippen molar-refractivity contribution < 1.29 is 4.79 Å². The van der Waals surface area contributed by atoms with Crippen molar-refractivity contribution in [2.45, 2.75) is 18.4 Å². The fraction of sp³-hybridized carbons (Fsp3) is 0.286. The number of hydrogen-bond acceptors (Lipinski definition) is 4. The van der Waals surface area contributed by atoms with E-state index in [9.17, 15) is 15.3 Å². The summed E-state index contributed by atoms with van der Waals surface area (Å²) >= 11 is 0. The molecule has 2 aromatic rings. The van der Waals surface area contributed by atoms with Crippen LogP contribution in [0.2, 0.25) is 0 Å². The van der Waals surface area contributed by atoms with Crippen LogP contribution in [-0.4, -0.2) is 24.4 Å². The van der Waals surface area contributed by atoms with Gasteiger partial charge in [0, 0.05) is 12.2 Å². The van der Waals surface area contributed by atoms with Crippen LogP contribution in [0.4, 0.5) is 5.69 Å². The fourth-order valence-electron chi connectivity index (χ4n) is 4.65. The van der Waals surface area contributed by atoms with Crippen LogP contribution in [0.5, 0.6) is 0 Å². The Bertz CT molecular complexity index is 968. The molecule has 128 valence electrons. The molecule has 2 heterocycles. The second-order valence-corrected chi connectivity index (χ2v) is 7.16. The Morgan fingerprint density at radius 2 is 1.77 bits per heavy atom. The Labute approximate surface area is 152 Å². The molecule has 0 aromatic heterocycles. The summed E-state index contributed by atoms with van der Waals surface area (Å²) in [5.74, 6) is -0.281. The van der Waals surface area contributed by atoms with Crippen LogP contribution in [0.3, 0.4) is 0 Å². The number of nitrogens with one attached hydrogen (secondary N) is 1. The number of carbonyl (C=O) groups is 1. The number of anilines is 1. The highest BCUT2D eigenvalue weighted by Gasteiger charge is 2.71. The van der Waals surface area contributed by atoms with Crippen LogP contribution in [0.1, 0.15) is 22.7 Å². The second-order valence-electron chi connectivity index (χ2n) is 7.16. The van der Waals surface area contributed by atoms with Crippen LogP contribution < -0.4 is 5.32 Å². The summed E-state index contributed by atoms with van der Waals surface area (Å²) in [6.07, 6.45) is 0. The summed E-state index contributed by atoms with van der Waals surface area (Å²) in [4.78, 5) is 15.3. The molecule has 0 radical (unpaired) electrons. The predicted molar refractivity (Wildman–Crippen MR) is 97.0 cm³/mol. The van der Waals surface area contributed by atoms with Gasteiger partial charge in [-0.25, -0.2) is 0 Å². The minimum absolute atomic E-state index is 0.209. The van der Waals surface area contributed by atoms with Crippen LogP contribution >= 0.6 is 0 Å². The minimum Gasteiger partial charge on any atom is -0.325 e. The molecule has 0 unspecified atom stereocenters. The van der Waals surface area contributed by atoms with Gasteiger partial charge in [-0.05, 0) is 31.2 Å². The minimum atomic E-state index is -1.46. The van der Waals surface area contributed by atoms with Crippen molar-refractivity contribution in [3.05, 3.63) is 65.2 Å². The molecule has 2 atom stereocenters. The molecule has 1 N–H and O–H groups in total. The van der Waals surface area contributed by atoms with E-state index >= 15 is 0 Å². The number of benzene rings is 2. The Balaban J connectivity index is 2.06. The van der Waals surface area contributed by atoms with E-state index in [-0.39, 0.29) is 12.5 Å². The van der Waals surface area contributed by atoms with Crippen LogP contribution in [0.15, 0.2) is 48.5 Å². The van der Waals surface area contributed by atoms with Gasteiger partial charge in [0.05, 0.1) is 18.2 Å². The number of nitriles is 2. The van der Waals surface area contributed by atoms with Crippen molar-refractivity contribution in [2.75, 3.05) is 18.9 Å². The zero-order valence-electron chi connectivity index (χ0n) is 14.7. The largest absolute Gasteiger partial charge is 0.325 e. The molecule has 2 aliphatic heterocycles. The first kappa shape index (κ1) is 16.3. The molecule has 2 aliphatic rings. The van der Waals surface area contributed by atoms with Gasteiger partial charge < -0.3 is 5.32 Å². The number of likely N-dealkylation sites (tertiary alicyclic amines) is 1. The van der Waals surface area contributed by atoms with Crippen molar-refractivity contribution in [1.82, 2.24) is 4.90 Å². The van der Waals surface area contributed by atoms with E-state index < -0.39 is 16.9 Å².